The third kappa shape index (κ3) is 3.45. The highest BCUT2D eigenvalue weighted by Gasteiger charge is 2.19. The number of aromatic carboxylic acids is 1. The molecule has 1 heterocycles. The average molecular weight is 329 g/mol. The van der Waals surface area contributed by atoms with Crippen molar-refractivity contribution in [2.24, 2.45) is 0 Å². The number of carbonyl (C=O) groups excluding carboxylic acids is 1. The third-order valence-electron chi connectivity index (χ3n) is 4.17. The second-order valence-corrected chi connectivity index (χ2v) is 7.07. The number of hydrogen-bond donors (Lipinski definition) is 1. The Hall–Kier alpha value is -2.14. The number of carbonyl (C=O) groups is 2. The molecule has 0 unspecified atom stereocenters. The van der Waals surface area contributed by atoms with Crippen molar-refractivity contribution in [2.45, 2.75) is 32.2 Å². The summed E-state index contributed by atoms with van der Waals surface area (Å²) in [5.41, 5.74) is 2.52. The average Bonchev–Trinajstić information content (AvgIpc) is 2.98. The third-order valence-corrected chi connectivity index (χ3v) is 5.40. The van der Waals surface area contributed by atoms with Crippen LogP contribution in [0.3, 0.4) is 0 Å². The van der Waals surface area contributed by atoms with Gasteiger partial charge in [0.05, 0.1) is 10.4 Å². The van der Waals surface area contributed by atoms with Gasteiger partial charge in [-0.2, -0.15) is 0 Å². The van der Waals surface area contributed by atoms with E-state index in [1.54, 1.807) is 47.5 Å². The quantitative estimate of drug-likeness (QED) is 0.932. The predicted molar refractivity (Wildman–Crippen MR) is 90.2 cm³/mol. The summed E-state index contributed by atoms with van der Waals surface area (Å²) >= 11 is 1.62. The molecule has 0 spiro atoms. The molecule has 1 aromatic carbocycles. The van der Waals surface area contributed by atoms with Gasteiger partial charge in [0.15, 0.2) is 0 Å². The molecule has 4 nitrogen and oxygen atoms in total. The van der Waals surface area contributed by atoms with Gasteiger partial charge in [-0.1, -0.05) is 12.1 Å². The van der Waals surface area contributed by atoms with Crippen LogP contribution >= 0.6 is 11.3 Å². The molecule has 5 heteroatoms. The van der Waals surface area contributed by atoms with Crippen molar-refractivity contribution in [3.05, 3.63) is 56.8 Å². The molecule has 1 aliphatic carbocycles. The number of fused-ring (bicyclic) bond motifs is 1. The zero-order valence-electron chi connectivity index (χ0n) is 13.0. The van der Waals surface area contributed by atoms with E-state index in [9.17, 15) is 9.59 Å². The molecule has 0 fully saturated rings. The van der Waals surface area contributed by atoms with Crippen LogP contribution in [0.5, 0.6) is 0 Å². The summed E-state index contributed by atoms with van der Waals surface area (Å²) < 4.78 is 0. The summed E-state index contributed by atoms with van der Waals surface area (Å²) in [6, 6.07) is 8.70. The van der Waals surface area contributed by atoms with Crippen LogP contribution in [0.2, 0.25) is 0 Å². The van der Waals surface area contributed by atoms with Gasteiger partial charge >= 0.3 is 5.97 Å². The van der Waals surface area contributed by atoms with Crippen molar-refractivity contribution in [3.63, 3.8) is 0 Å². The summed E-state index contributed by atoms with van der Waals surface area (Å²) in [6.07, 6.45) is 4.60. The van der Waals surface area contributed by atoms with E-state index in [1.165, 1.54) is 23.3 Å². The van der Waals surface area contributed by atoms with E-state index < -0.39 is 5.97 Å². The second-order valence-electron chi connectivity index (χ2n) is 5.93. The van der Waals surface area contributed by atoms with Crippen LogP contribution in [0, 0.1) is 0 Å². The Balaban J connectivity index is 1.69. The highest BCUT2D eigenvalue weighted by molar-refractivity contribution is 7.14. The first kappa shape index (κ1) is 15.7. The number of thiophene rings is 1. The van der Waals surface area contributed by atoms with E-state index in [1.807, 2.05) is 6.07 Å². The highest BCUT2D eigenvalue weighted by atomic mass is 32.1. The molecule has 2 aromatic rings. The van der Waals surface area contributed by atoms with Crippen molar-refractivity contribution in [1.29, 1.82) is 0 Å². The van der Waals surface area contributed by atoms with E-state index in [2.05, 4.69) is 0 Å². The van der Waals surface area contributed by atoms with E-state index in [0.717, 1.165) is 23.3 Å². The van der Waals surface area contributed by atoms with Crippen molar-refractivity contribution >= 4 is 23.2 Å². The predicted octanol–water partition coefficient (Wildman–Crippen LogP) is 3.60. The number of carboxylic acids is 1. The normalized spacial score (nSPS) is 13.4. The Bertz CT molecular complexity index is 710. The van der Waals surface area contributed by atoms with Crippen LogP contribution in [0.1, 0.15) is 48.9 Å². The van der Waals surface area contributed by atoms with Crippen LogP contribution in [-0.2, 0) is 19.4 Å². The minimum Gasteiger partial charge on any atom is -0.478 e. The smallest absolute Gasteiger partial charge is 0.335 e. The first-order chi connectivity index (χ1) is 11.0. The summed E-state index contributed by atoms with van der Waals surface area (Å²) in [4.78, 5) is 27.3. The number of benzene rings is 1. The fourth-order valence-electron chi connectivity index (χ4n) is 2.88. The van der Waals surface area contributed by atoms with Gasteiger partial charge in [-0.25, -0.2) is 4.79 Å². The number of rotatable bonds is 4. The van der Waals surface area contributed by atoms with Gasteiger partial charge in [0, 0.05) is 18.5 Å². The molecule has 120 valence electrons. The van der Waals surface area contributed by atoms with Gasteiger partial charge in [-0.3, -0.25) is 4.79 Å². The van der Waals surface area contributed by atoms with Crippen molar-refractivity contribution in [2.75, 3.05) is 7.05 Å². The molecule has 1 aliphatic rings. The van der Waals surface area contributed by atoms with Crippen molar-refractivity contribution in [3.8, 4) is 0 Å². The zero-order chi connectivity index (χ0) is 16.4. The number of aryl methyl sites for hydroxylation is 2. The van der Waals surface area contributed by atoms with Crippen LogP contribution in [0.15, 0.2) is 30.3 Å². The van der Waals surface area contributed by atoms with Gasteiger partial charge in [0.2, 0.25) is 0 Å². The van der Waals surface area contributed by atoms with Gasteiger partial charge in [-0.15, -0.1) is 11.3 Å². The standard InChI is InChI=1S/C18H19NO3S/c1-19(11-12-6-8-13(9-7-12)18(21)22)17(20)16-10-14-4-2-3-5-15(14)23-16/h6-10H,2-5,11H2,1H3,(H,21,22). The summed E-state index contributed by atoms with van der Waals surface area (Å²) in [7, 11) is 1.78. The molecule has 0 atom stereocenters. The fourth-order valence-corrected chi connectivity index (χ4v) is 4.13. The van der Waals surface area contributed by atoms with Crippen LogP contribution in [0.25, 0.3) is 0 Å². The van der Waals surface area contributed by atoms with E-state index in [-0.39, 0.29) is 11.5 Å². The van der Waals surface area contributed by atoms with Gasteiger partial charge in [-0.05, 0) is 55.0 Å². The van der Waals surface area contributed by atoms with E-state index in [4.69, 9.17) is 5.11 Å². The molecule has 1 aromatic heterocycles. The summed E-state index contributed by atoms with van der Waals surface area (Å²) in [5, 5.41) is 8.91. The lowest BCUT2D eigenvalue weighted by molar-refractivity contribution is 0.0695. The monoisotopic (exact) mass is 329 g/mol. The first-order valence-electron chi connectivity index (χ1n) is 7.74. The lowest BCUT2D eigenvalue weighted by Gasteiger charge is -2.16. The largest absolute Gasteiger partial charge is 0.478 e. The molecule has 0 radical (unpaired) electrons. The minimum atomic E-state index is -0.940. The number of amides is 1. The molecular weight excluding hydrogens is 310 g/mol. The van der Waals surface area contributed by atoms with Crippen molar-refractivity contribution in [1.82, 2.24) is 4.90 Å². The topological polar surface area (TPSA) is 57.6 Å². The summed E-state index contributed by atoms with van der Waals surface area (Å²) in [5.74, 6) is -0.906. The Kier molecular flexibility index (Phi) is 4.48. The highest BCUT2D eigenvalue weighted by Crippen LogP contribution is 2.30. The fraction of sp³-hybridized carbons (Fsp3) is 0.333. The van der Waals surface area contributed by atoms with Gasteiger partial charge in [0.1, 0.15) is 0 Å². The SMILES string of the molecule is CN(Cc1ccc(C(=O)O)cc1)C(=O)c1cc2c(s1)CCCC2. The second kappa shape index (κ2) is 6.54. The van der Waals surface area contributed by atoms with Crippen LogP contribution < -0.4 is 0 Å². The Morgan fingerprint density at radius 3 is 2.52 bits per heavy atom. The molecule has 1 N–H and O–H groups in total. The van der Waals surface area contributed by atoms with E-state index in [0.29, 0.717) is 6.54 Å². The lowest BCUT2D eigenvalue weighted by atomic mass is 9.99. The molecule has 0 saturated heterocycles. The van der Waals surface area contributed by atoms with Crippen LogP contribution in [0.4, 0.5) is 0 Å². The molecule has 23 heavy (non-hydrogen) atoms. The summed E-state index contributed by atoms with van der Waals surface area (Å²) in [6.45, 7) is 0.474. The number of hydrogen-bond acceptors (Lipinski definition) is 3. The van der Waals surface area contributed by atoms with Crippen molar-refractivity contribution < 1.29 is 14.7 Å². The van der Waals surface area contributed by atoms with Gasteiger partial charge < -0.3 is 10.0 Å². The molecule has 1 amide bonds. The molecule has 3 rings (SSSR count). The Labute approximate surface area is 139 Å². The maximum atomic E-state index is 12.6. The molecule has 0 aliphatic heterocycles. The van der Waals surface area contributed by atoms with Gasteiger partial charge in [0.25, 0.3) is 5.91 Å². The molecule has 0 bridgehead atoms. The van der Waals surface area contributed by atoms with E-state index >= 15 is 0 Å². The number of carboxylic acid groups (broad SMARTS) is 1. The molecule has 0 saturated carbocycles. The first-order valence-corrected chi connectivity index (χ1v) is 8.55. The zero-order valence-corrected chi connectivity index (χ0v) is 13.9. The maximum absolute atomic E-state index is 12.6. The molecular formula is C18H19NO3S. The maximum Gasteiger partial charge on any atom is 0.335 e. The Morgan fingerprint density at radius 2 is 1.87 bits per heavy atom. The minimum absolute atomic E-state index is 0.0340. The van der Waals surface area contributed by atoms with Crippen LogP contribution in [-0.4, -0.2) is 28.9 Å². The number of nitrogens with zero attached hydrogens (tertiary/aromatic N) is 1. The lowest BCUT2D eigenvalue weighted by Crippen LogP contribution is -2.25. The Morgan fingerprint density at radius 1 is 1.17 bits per heavy atom.